The molecule has 2 aromatic rings. The normalized spacial score (nSPS) is 27.6. The number of hydrogen-bond donors (Lipinski definition) is 2. The van der Waals surface area contributed by atoms with E-state index in [0.29, 0.717) is 29.8 Å². The Balaban J connectivity index is 1.75. The number of pyridine rings is 1. The molecule has 8 nitrogen and oxygen atoms in total. The van der Waals surface area contributed by atoms with Crippen molar-refractivity contribution in [2.75, 3.05) is 11.9 Å². The van der Waals surface area contributed by atoms with Gasteiger partial charge in [0.2, 0.25) is 0 Å². The molecule has 0 bridgehead atoms. The number of nitrogens with zero attached hydrogens (tertiary/aromatic N) is 4. The largest absolute Gasteiger partial charge is 0.386 e. The standard InChI is InChI=1S/C23H25FN6O2S/c1-13-9-14(11-25)12-27-19(13)20(31)29-15-5-6-17(24)16(10-15)23(4)18-7-8-28-33(18,32)22(2,3)21(26)30-23/h5-6,9-10,12,18H,7-8H2,1-4H3,(H2,26,30)(H,29,31)/t18?,23-,33-/m1/s1. The van der Waals surface area contributed by atoms with E-state index in [-0.39, 0.29) is 17.1 Å². The minimum atomic E-state index is -2.81. The van der Waals surface area contributed by atoms with E-state index in [4.69, 9.17) is 11.0 Å². The highest BCUT2D eigenvalue weighted by Crippen LogP contribution is 2.48. The van der Waals surface area contributed by atoms with Crippen LogP contribution < -0.4 is 11.1 Å². The summed E-state index contributed by atoms with van der Waals surface area (Å²) in [6, 6.07) is 7.73. The highest BCUT2D eigenvalue weighted by Gasteiger charge is 2.56. The first-order valence-corrected chi connectivity index (χ1v) is 12.1. The Labute approximate surface area is 192 Å². The zero-order chi connectivity index (χ0) is 24.2. The number of rotatable bonds is 3. The maximum atomic E-state index is 15.1. The summed E-state index contributed by atoms with van der Waals surface area (Å²) in [6.45, 7) is 7.32. The molecule has 0 fully saturated rings. The van der Waals surface area contributed by atoms with Crippen LogP contribution in [-0.2, 0) is 15.3 Å². The lowest BCUT2D eigenvalue weighted by Crippen LogP contribution is -2.58. The zero-order valence-corrected chi connectivity index (χ0v) is 19.7. The number of nitriles is 1. The molecule has 4 rings (SSSR count). The maximum absolute atomic E-state index is 15.1. The van der Waals surface area contributed by atoms with Gasteiger partial charge in [-0.1, -0.05) is 0 Å². The van der Waals surface area contributed by atoms with Gasteiger partial charge in [-0.2, -0.15) is 5.26 Å². The number of benzene rings is 1. The Hall–Kier alpha value is -3.32. The van der Waals surface area contributed by atoms with E-state index in [2.05, 4.69) is 19.7 Å². The fourth-order valence-corrected chi connectivity index (χ4v) is 7.72. The van der Waals surface area contributed by atoms with Crippen LogP contribution in [0.3, 0.4) is 0 Å². The number of carbonyl (C=O) groups excluding carboxylic acids is 1. The molecule has 3 heterocycles. The summed E-state index contributed by atoms with van der Waals surface area (Å²) in [5, 5.41) is 11.2. The minimum Gasteiger partial charge on any atom is -0.386 e. The lowest BCUT2D eigenvalue weighted by atomic mass is 9.85. The molecular formula is C23H25FN6O2S. The third-order valence-electron chi connectivity index (χ3n) is 6.58. The van der Waals surface area contributed by atoms with E-state index >= 15 is 4.39 Å². The van der Waals surface area contributed by atoms with Crippen LogP contribution in [0.25, 0.3) is 0 Å². The first-order valence-electron chi connectivity index (χ1n) is 10.5. The highest BCUT2D eigenvalue weighted by atomic mass is 32.2. The van der Waals surface area contributed by atoms with Crippen LogP contribution in [0.2, 0.25) is 0 Å². The number of nitrogens with two attached hydrogens (primary N) is 1. The molecule has 33 heavy (non-hydrogen) atoms. The molecule has 2 aliphatic rings. The predicted molar refractivity (Wildman–Crippen MR) is 125 cm³/mol. The predicted octanol–water partition coefficient (Wildman–Crippen LogP) is 3.26. The number of fused-ring (bicyclic) bond motifs is 1. The van der Waals surface area contributed by atoms with E-state index in [0.717, 1.165) is 0 Å². The molecule has 1 aromatic heterocycles. The van der Waals surface area contributed by atoms with Gasteiger partial charge >= 0.3 is 0 Å². The lowest BCUT2D eigenvalue weighted by Gasteiger charge is -2.44. The van der Waals surface area contributed by atoms with Gasteiger partial charge in [0.15, 0.2) is 0 Å². The van der Waals surface area contributed by atoms with Crippen LogP contribution >= 0.6 is 0 Å². The quantitative estimate of drug-likeness (QED) is 0.713. The number of nitrogens with one attached hydrogen (secondary N) is 1. The van der Waals surface area contributed by atoms with Gasteiger partial charge in [-0.05, 0) is 63.9 Å². The van der Waals surface area contributed by atoms with Crippen LogP contribution in [0.5, 0.6) is 0 Å². The number of aliphatic imine (C=N–C) groups is 1. The Bertz CT molecular complexity index is 1370. The van der Waals surface area contributed by atoms with Crippen molar-refractivity contribution < 1.29 is 13.4 Å². The molecule has 0 aliphatic carbocycles. The summed E-state index contributed by atoms with van der Waals surface area (Å²) in [5.41, 5.74) is 6.61. The Morgan fingerprint density at radius 2 is 2.06 bits per heavy atom. The second-order valence-corrected chi connectivity index (χ2v) is 12.0. The van der Waals surface area contributed by atoms with Crippen molar-refractivity contribution in [2.45, 2.75) is 49.7 Å². The van der Waals surface area contributed by atoms with Crippen LogP contribution in [0, 0.1) is 24.1 Å². The van der Waals surface area contributed by atoms with Crippen molar-refractivity contribution in [1.29, 1.82) is 5.26 Å². The third kappa shape index (κ3) is 3.38. The smallest absolute Gasteiger partial charge is 0.274 e. The van der Waals surface area contributed by atoms with Gasteiger partial charge in [0.25, 0.3) is 5.91 Å². The molecule has 172 valence electrons. The highest BCUT2D eigenvalue weighted by molar-refractivity contribution is 7.96. The first kappa shape index (κ1) is 22.9. The molecule has 3 N–H and O–H groups in total. The van der Waals surface area contributed by atoms with Gasteiger partial charge in [-0.3, -0.25) is 9.79 Å². The molecule has 2 aliphatic heterocycles. The van der Waals surface area contributed by atoms with Gasteiger partial charge in [-0.15, -0.1) is 0 Å². The van der Waals surface area contributed by atoms with Crippen LogP contribution in [0.1, 0.15) is 54.4 Å². The third-order valence-corrected chi connectivity index (χ3v) is 10.3. The Morgan fingerprint density at radius 3 is 2.73 bits per heavy atom. The van der Waals surface area contributed by atoms with Crippen molar-refractivity contribution in [3.8, 4) is 6.07 Å². The fourth-order valence-electron chi connectivity index (χ4n) is 4.56. The molecular weight excluding hydrogens is 443 g/mol. The molecule has 1 unspecified atom stereocenters. The number of carbonyl (C=O) groups is 1. The van der Waals surface area contributed by atoms with Crippen LogP contribution in [0.4, 0.5) is 10.1 Å². The van der Waals surface area contributed by atoms with Crippen molar-refractivity contribution in [3.05, 3.63) is 58.7 Å². The summed E-state index contributed by atoms with van der Waals surface area (Å²) in [6.07, 6.45) is 1.82. The van der Waals surface area contributed by atoms with E-state index < -0.39 is 37.0 Å². The molecule has 0 spiro atoms. The van der Waals surface area contributed by atoms with E-state index in [1.165, 1.54) is 24.4 Å². The summed E-state index contributed by atoms with van der Waals surface area (Å²) in [4.78, 5) is 21.5. The average Bonchev–Trinajstić information content (AvgIpc) is 3.18. The molecule has 0 saturated carbocycles. The lowest BCUT2D eigenvalue weighted by molar-refractivity contribution is 0.102. The number of aryl methyl sites for hydroxylation is 1. The molecule has 1 amide bonds. The summed E-state index contributed by atoms with van der Waals surface area (Å²) < 4.78 is 32.5. The monoisotopic (exact) mass is 468 g/mol. The minimum absolute atomic E-state index is 0.158. The van der Waals surface area contributed by atoms with Gasteiger partial charge in [0.1, 0.15) is 33.7 Å². The van der Waals surface area contributed by atoms with Crippen molar-refractivity contribution in [2.24, 2.45) is 15.1 Å². The Kier molecular flexibility index (Phi) is 5.28. The van der Waals surface area contributed by atoms with Gasteiger partial charge < -0.3 is 11.1 Å². The SMILES string of the molecule is Cc1cc(C#N)cnc1C(=O)Nc1ccc(F)c([C@@]2(C)N=C(N)C(C)(C)[S@@]3(=O)=NCCC23)c1. The number of aromatic nitrogens is 1. The molecule has 0 radical (unpaired) electrons. The van der Waals surface area contributed by atoms with E-state index in [9.17, 15) is 9.00 Å². The van der Waals surface area contributed by atoms with Crippen molar-refractivity contribution in [3.63, 3.8) is 0 Å². The first-order chi connectivity index (χ1) is 15.4. The molecule has 1 aromatic carbocycles. The average molecular weight is 469 g/mol. The number of anilines is 1. The Morgan fingerprint density at radius 1 is 1.33 bits per heavy atom. The molecule has 0 saturated heterocycles. The van der Waals surface area contributed by atoms with Gasteiger partial charge in [0, 0.05) is 24.0 Å². The topological polar surface area (TPSA) is 134 Å². The number of hydrogen-bond acceptors (Lipinski definition) is 7. The van der Waals surface area contributed by atoms with E-state index in [1.54, 1.807) is 33.8 Å². The van der Waals surface area contributed by atoms with Crippen molar-refractivity contribution >= 4 is 27.2 Å². The van der Waals surface area contributed by atoms with Gasteiger partial charge in [0.05, 0.1) is 20.5 Å². The fraction of sp³-hybridized carbons (Fsp3) is 0.391. The van der Waals surface area contributed by atoms with Crippen LogP contribution in [0.15, 0.2) is 39.8 Å². The second-order valence-electron chi connectivity index (χ2n) is 9.00. The molecule has 3 atom stereocenters. The maximum Gasteiger partial charge on any atom is 0.274 e. The summed E-state index contributed by atoms with van der Waals surface area (Å²) >= 11 is 0. The zero-order valence-electron chi connectivity index (χ0n) is 18.8. The van der Waals surface area contributed by atoms with Gasteiger partial charge in [-0.25, -0.2) is 17.9 Å². The van der Waals surface area contributed by atoms with Crippen LogP contribution in [-0.4, -0.2) is 37.5 Å². The van der Waals surface area contributed by atoms with Crippen molar-refractivity contribution in [1.82, 2.24) is 4.98 Å². The number of amidine groups is 1. The van der Waals surface area contributed by atoms with E-state index in [1.807, 2.05) is 6.07 Å². The summed E-state index contributed by atoms with van der Waals surface area (Å²) in [5.74, 6) is -0.858. The summed E-state index contributed by atoms with van der Waals surface area (Å²) in [7, 11) is -2.81. The number of halogens is 1. The molecule has 10 heteroatoms. The second kappa shape index (κ2) is 7.63. The number of amides is 1.